The number of halogens is 1. The molecule has 2 atom stereocenters. The van der Waals surface area contributed by atoms with Crippen LogP contribution in [0.5, 0.6) is 5.88 Å². The minimum atomic E-state index is -3.72. The zero-order valence-electron chi connectivity index (χ0n) is 13.2. The van der Waals surface area contributed by atoms with E-state index < -0.39 is 21.9 Å². The number of piperidine rings is 1. The maximum atomic E-state index is 12.6. The van der Waals surface area contributed by atoms with Gasteiger partial charge in [-0.2, -0.15) is 4.31 Å². The maximum Gasteiger partial charge on any atom is 0.307 e. The smallest absolute Gasteiger partial charge is 0.307 e. The Kier molecular flexibility index (Phi) is 4.76. The first-order chi connectivity index (χ1) is 11.9. The topological polar surface area (TPSA) is 123 Å². The van der Waals surface area contributed by atoms with Gasteiger partial charge in [0.25, 0.3) is 0 Å². The summed E-state index contributed by atoms with van der Waals surface area (Å²) in [4.78, 5) is 14.9. The van der Waals surface area contributed by atoms with E-state index in [4.69, 9.17) is 15.6 Å². The Labute approximate surface area is 144 Å². The number of carbonyl (C=O) groups is 1. The van der Waals surface area contributed by atoms with Gasteiger partial charge in [-0.25, -0.2) is 17.8 Å². The number of aromatic nitrogens is 1. The van der Waals surface area contributed by atoms with E-state index >= 15 is 0 Å². The molecule has 0 bridgehead atoms. The number of rotatable bonds is 7. The molecule has 25 heavy (non-hydrogen) atoms. The molecule has 8 nitrogen and oxygen atoms in total. The van der Waals surface area contributed by atoms with Gasteiger partial charge in [0.2, 0.25) is 15.9 Å². The Morgan fingerprint density at radius 3 is 2.60 bits per heavy atom. The molecule has 1 aliphatic heterocycles. The van der Waals surface area contributed by atoms with E-state index in [2.05, 4.69) is 4.98 Å². The normalized spacial score (nSPS) is 26.3. The van der Waals surface area contributed by atoms with Crippen LogP contribution in [0.25, 0.3) is 0 Å². The highest BCUT2D eigenvalue weighted by Gasteiger charge is 2.61. The fourth-order valence-electron chi connectivity index (χ4n) is 3.11. The van der Waals surface area contributed by atoms with E-state index in [9.17, 15) is 17.6 Å². The van der Waals surface area contributed by atoms with Gasteiger partial charge >= 0.3 is 5.97 Å². The van der Waals surface area contributed by atoms with Crippen molar-refractivity contribution < 1.29 is 27.4 Å². The second kappa shape index (κ2) is 6.70. The highest BCUT2D eigenvalue weighted by Crippen LogP contribution is 2.52. The molecule has 2 aliphatic rings. The van der Waals surface area contributed by atoms with Gasteiger partial charge in [-0.3, -0.25) is 4.79 Å². The van der Waals surface area contributed by atoms with Gasteiger partial charge < -0.3 is 15.6 Å². The highest BCUT2D eigenvalue weighted by atomic mass is 32.2. The molecule has 0 radical (unpaired) electrons. The number of aliphatic carboxylic acids is 1. The van der Waals surface area contributed by atoms with Crippen LogP contribution in [0, 0.1) is 17.8 Å². The number of ether oxygens (including phenoxy) is 1. The number of pyridine rings is 1. The zero-order chi connectivity index (χ0) is 18.2. The molecule has 10 heteroatoms. The van der Waals surface area contributed by atoms with Gasteiger partial charge in [0.05, 0.1) is 18.4 Å². The van der Waals surface area contributed by atoms with Gasteiger partial charge in [0.1, 0.15) is 11.5 Å². The van der Waals surface area contributed by atoms with Gasteiger partial charge in [0.15, 0.2) is 0 Å². The fourth-order valence-corrected chi connectivity index (χ4v) is 4.57. The minimum absolute atomic E-state index is 0.00751. The highest BCUT2D eigenvalue weighted by molar-refractivity contribution is 7.89. The molecule has 1 saturated carbocycles. The van der Waals surface area contributed by atoms with Crippen LogP contribution >= 0.6 is 0 Å². The Hall–Kier alpha value is -2.04. The van der Waals surface area contributed by atoms with Crippen molar-refractivity contribution in [1.29, 1.82) is 0 Å². The number of fused-ring (bicyclic) bond motifs is 1. The summed E-state index contributed by atoms with van der Waals surface area (Å²) in [6.07, 6.45) is 1.53. The number of carboxylic acid groups (broad SMARTS) is 1. The second-order valence-corrected chi connectivity index (χ2v) is 8.04. The molecule has 1 aromatic rings. The standard InChI is InChI=1S/C15H18FN3O5S/c16-3-9(4-17)8-24-13-2-1-10(5-18-13)25(22,23)19-6-11-12(7-19)14(11)15(20)21/h1-3,5,11-12,14H,4,6-8,17H2,(H,20,21)/b9-3+. The Balaban J connectivity index is 1.63. The van der Waals surface area contributed by atoms with Crippen LogP contribution < -0.4 is 10.5 Å². The summed E-state index contributed by atoms with van der Waals surface area (Å²) in [5.74, 6) is -1.35. The number of carboxylic acids is 1. The number of nitrogens with two attached hydrogens (primary N) is 1. The van der Waals surface area contributed by atoms with Crippen molar-refractivity contribution >= 4 is 16.0 Å². The monoisotopic (exact) mass is 371 g/mol. The molecular formula is C15H18FN3O5S. The molecule has 2 fully saturated rings. The largest absolute Gasteiger partial charge is 0.481 e. The summed E-state index contributed by atoms with van der Waals surface area (Å²) >= 11 is 0. The van der Waals surface area contributed by atoms with Crippen molar-refractivity contribution in [2.45, 2.75) is 4.90 Å². The predicted octanol–water partition coefficient (Wildman–Crippen LogP) is 0.224. The van der Waals surface area contributed by atoms with E-state index in [1.807, 2.05) is 0 Å². The first-order valence-electron chi connectivity index (χ1n) is 7.68. The average molecular weight is 371 g/mol. The minimum Gasteiger partial charge on any atom is -0.481 e. The SMILES string of the molecule is NC/C(=C\F)COc1ccc(S(=O)(=O)N2CC3C(C2)C3C(=O)O)cn1. The van der Waals surface area contributed by atoms with Crippen molar-refractivity contribution in [3.05, 3.63) is 30.2 Å². The number of hydrogen-bond acceptors (Lipinski definition) is 6. The molecule has 136 valence electrons. The lowest BCUT2D eigenvalue weighted by molar-refractivity contribution is -0.139. The molecule has 3 N–H and O–H groups in total. The van der Waals surface area contributed by atoms with E-state index in [0.29, 0.717) is 6.33 Å². The van der Waals surface area contributed by atoms with E-state index in [1.165, 1.54) is 22.6 Å². The molecule has 1 aliphatic carbocycles. The molecule has 3 rings (SSSR count). The molecule has 0 amide bonds. The molecule has 0 spiro atoms. The van der Waals surface area contributed by atoms with Crippen LogP contribution in [0.4, 0.5) is 4.39 Å². The van der Waals surface area contributed by atoms with Crippen LogP contribution in [-0.4, -0.2) is 55.0 Å². The van der Waals surface area contributed by atoms with Crippen LogP contribution in [0.2, 0.25) is 0 Å². The molecular weight excluding hydrogens is 353 g/mol. The summed E-state index contributed by atoms with van der Waals surface area (Å²) < 4.78 is 44.1. The lowest BCUT2D eigenvalue weighted by atomic mass is 10.3. The Morgan fingerprint density at radius 2 is 2.12 bits per heavy atom. The summed E-state index contributed by atoms with van der Waals surface area (Å²) in [5.41, 5.74) is 5.56. The second-order valence-electron chi connectivity index (χ2n) is 6.11. The summed E-state index contributed by atoms with van der Waals surface area (Å²) in [6.45, 7) is 0.364. The van der Waals surface area contributed by atoms with Crippen LogP contribution in [0.1, 0.15) is 0 Å². The first kappa shape index (κ1) is 17.8. The summed E-state index contributed by atoms with van der Waals surface area (Å²) in [7, 11) is -3.72. The Morgan fingerprint density at radius 1 is 1.44 bits per heavy atom. The fraction of sp³-hybridized carbons (Fsp3) is 0.467. The lowest BCUT2D eigenvalue weighted by Crippen LogP contribution is -2.32. The number of sulfonamides is 1. The van der Waals surface area contributed by atoms with Crippen LogP contribution in [0.3, 0.4) is 0 Å². The molecule has 1 saturated heterocycles. The summed E-state index contributed by atoms with van der Waals surface area (Å²) in [5, 5.41) is 8.99. The Bertz CT molecular complexity index is 784. The zero-order valence-corrected chi connectivity index (χ0v) is 14.0. The van der Waals surface area contributed by atoms with Crippen molar-refractivity contribution in [1.82, 2.24) is 9.29 Å². The average Bonchev–Trinajstić information content (AvgIpc) is 3.11. The van der Waals surface area contributed by atoms with Crippen LogP contribution in [-0.2, 0) is 14.8 Å². The third-order valence-electron chi connectivity index (χ3n) is 4.61. The lowest BCUT2D eigenvalue weighted by Gasteiger charge is -2.18. The van der Waals surface area contributed by atoms with E-state index in [0.717, 1.165) is 0 Å². The summed E-state index contributed by atoms with van der Waals surface area (Å²) in [6, 6.07) is 2.74. The number of nitrogens with zero attached hydrogens (tertiary/aromatic N) is 2. The van der Waals surface area contributed by atoms with E-state index in [1.54, 1.807) is 0 Å². The third-order valence-corrected chi connectivity index (χ3v) is 6.43. The van der Waals surface area contributed by atoms with Crippen molar-refractivity contribution in [2.24, 2.45) is 23.5 Å². The van der Waals surface area contributed by atoms with Crippen LogP contribution in [0.15, 0.2) is 35.1 Å². The number of hydrogen-bond donors (Lipinski definition) is 2. The molecule has 0 aromatic carbocycles. The van der Waals surface area contributed by atoms with Gasteiger partial charge in [-0.15, -0.1) is 0 Å². The van der Waals surface area contributed by atoms with Gasteiger partial charge in [-0.05, 0) is 17.9 Å². The van der Waals surface area contributed by atoms with Gasteiger partial charge in [-0.1, -0.05) is 0 Å². The van der Waals surface area contributed by atoms with Crippen molar-refractivity contribution in [3.8, 4) is 5.88 Å². The molecule has 2 unspecified atom stereocenters. The van der Waals surface area contributed by atoms with E-state index in [-0.39, 0.29) is 54.4 Å². The maximum absolute atomic E-state index is 12.6. The quantitative estimate of drug-likeness (QED) is 0.703. The first-order valence-corrected chi connectivity index (χ1v) is 9.12. The van der Waals surface area contributed by atoms with Crippen molar-refractivity contribution in [2.75, 3.05) is 26.2 Å². The molecule has 2 heterocycles. The third kappa shape index (κ3) is 3.37. The molecule has 1 aromatic heterocycles. The predicted molar refractivity (Wildman–Crippen MR) is 84.8 cm³/mol. The van der Waals surface area contributed by atoms with Crippen molar-refractivity contribution in [3.63, 3.8) is 0 Å². The van der Waals surface area contributed by atoms with Gasteiger partial charge in [0, 0.05) is 31.3 Å².